The number of aryl methyl sites for hydroxylation is 2. The van der Waals surface area contributed by atoms with Crippen molar-refractivity contribution in [1.82, 2.24) is 0 Å². The number of anilines is 1. The molecular weight excluding hydrogens is 226 g/mol. The van der Waals surface area contributed by atoms with E-state index in [2.05, 4.69) is 31.3 Å². The van der Waals surface area contributed by atoms with E-state index in [0.29, 0.717) is 12.0 Å². The van der Waals surface area contributed by atoms with Gasteiger partial charge in [0.2, 0.25) is 0 Å². The Hall–Kier alpha value is -1.51. The van der Waals surface area contributed by atoms with Crippen molar-refractivity contribution in [1.29, 1.82) is 0 Å². The molecule has 1 heterocycles. The fourth-order valence-corrected chi connectivity index (χ4v) is 3.59. The number of carboxylic acids is 1. The van der Waals surface area contributed by atoms with Gasteiger partial charge < -0.3 is 10.4 Å². The normalized spacial score (nSPS) is 29.3. The zero-order valence-corrected chi connectivity index (χ0v) is 10.9. The maximum atomic E-state index is 11.1. The van der Waals surface area contributed by atoms with Crippen molar-refractivity contribution in [3.63, 3.8) is 0 Å². The first kappa shape index (κ1) is 11.6. The number of nitrogens with one attached hydrogen (secondary N) is 1. The second kappa shape index (κ2) is 4.01. The molecular formula is C15H19NO2. The highest BCUT2D eigenvalue weighted by Gasteiger charge is 2.40. The molecule has 1 aromatic rings. The van der Waals surface area contributed by atoms with Crippen molar-refractivity contribution in [2.75, 3.05) is 5.32 Å². The summed E-state index contributed by atoms with van der Waals surface area (Å²) < 4.78 is 0. The first-order chi connectivity index (χ1) is 8.58. The minimum atomic E-state index is -0.639. The third-order valence-corrected chi connectivity index (χ3v) is 4.57. The maximum absolute atomic E-state index is 11.1. The van der Waals surface area contributed by atoms with Crippen LogP contribution < -0.4 is 5.32 Å². The van der Waals surface area contributed by atoms with Gasteiger partial charge in [0.05, 0.1) is 5.92 Å². The summed E-state index contributed by atoms with van der Waals surface area (Å²) in [6.45, 7) is 4.28. The van der Waals surface area contributed by atoms with E-state index >= 15 is 0 Å². The van der Waals surface area contributed by atoms with Gasteiger partial charge in [-0.1, -0.05) is 12.1 Å². The van der Waals surface area contributed by atoms with E-state index in [1.165, 1.54) is 22.4 Å². The average molecular weight is 245 g/mol. The summed E-state index contributed by atoms with van der Waals surface area (Å²) in [5.41, 5.74) is 5.31. The SMILES string of the molecule is Cc1ccc(C)c2c1NC1CC(C(=O)O)CCC21. The van der Waals surface area contributed by atoms with Crippen LogP contribution in [0.4, 0.5) is 5.69 Å². The van der Waals surface area contributed by atoms with Crippen molar-refractivity contribution in [3.8, 4) is 0 Å². The summed E-state index contributed by atoms with van der Waals surface area (Å²) in [6.07, 6.45) is 2.56. The van der Waals surface area contributed by atoms with Crippen molar-refractivity contribution in [2.24, 2.45) is 5.92 Å². The summed E-state index contributed by atoms with van der Waals surface area (Å²) in [4.78, 5) is 11.1. The molecule has 1 saturated carbocycles. The number of fused-ring (bicyclic) bond motifs is 3. The van der Waals surface area contributed by atoms with Crippen LogP contribution in [0.15, 0.2) is 12.1 Å². The molecule has 1 aliphatic carbocycles. The highest BCUT2D eigenvalue weighted by Crippen LogP contribution is 2.47. The molecule has 1 aromatic carbocycles. The number of carboxylic acid groups (broad SMARTS) is 1. The van der Waals surface area contributed by atoms with Crippen LogP contribution in [-0.4, -0.2) is 17.1 Å². The Kier molecular flexibility index (Phi) is 2.58. The third kappa shape index (κ3) is 1.61. The van der Waals surface area contributed by atoms with Gasteiger partial charge in [-0.3, -0.25) is 4.79 Å². The van der Waals surface area contributed by atoms with Crippen LogP contribution in [0.25, 0.3) is 0 Å². The lowest BCUT2D eigenvalue weighted by Gasteiger charge is -2.30. The number of aliphatic carboxylic acids is 1. The van der Waals surface area contributed by atoms with Crippen molar-refractivity contribution in [3.05, 3.63) is 28.8 Å². The summed E-state index contributed by atoms with van der Waals surface area (Å²) in [5.74, 6) is -0.302. The van der Waals surface area contributed by atoms with Crippen molar-refractivity contribution in [2.45, 2.75) is 45.1 Å². The fraction of sp³-hybridized carbons (Fsp3) is 0.533. The topological polar surface area (TPSA) is 49.3 Å². The summed E-state index contributed by atoms with van der Waals surface area (Å²) in [5, 5.41) is 12.7. The predicted octanol–water partition coefficient (Wildman–Crippen LogP) is 3.07. The van der Waals surface area contributed by atoms with E-state index in [0.717, 1.165) is 19.3 Å². The number of benzene rings is 1. The standard InChI is InChI=1S/C15H19NO2/c1-8-3-4-9(2)14-13(8)11-6-5-10(15(17)18)7-12(11)16-14/h3-4,10-12,16H,5-7H2,1-2H3,(H,17,18). The average Bonchev–Trinajstić information content (AvgIpc) is 2.73. The quantitative estimate of drug-likeness (QED) is 0.799. The summed E-state index contributed by atoms with van der Waals surface area (Å²) >= 11 is 0. The molecule has 18 heavy (non-hydrogen) atoms. The van der Waals surface area contributed by atoms with E-state index in [9.17, 15) is 4.79 Å². The predicted molar refractivity (Wildman–Crippen MR) is 71.0 cm³/mol. The first-order valence-electron chi connectivity index (χ1n) is 6.67. The third-order valence-electron chi connectivity index (χ3n) is 4.57. The molecule has 0 aromatic heterocycles. The van der Waals surface area contributed by atoms with Gasteiger partial charge in [-0.15, -0.1) is 0 Å². The van der Waals surface area contributed by atoms with E-state index in [-0.39, 0.29) is 5.92 Å². The van der Waals surface area contributed by atoms with Gasteiger partial charge in [-0.05, 0) is 49.8 Å². The van der Waals surface area contributed by atoms with Gasteiger partial charge in [-0.25, -0.2) is 0 Å². The molecule has 3 rings (SSSR count). The lowest BCUT2D eigenvalue weighted by molar-refractivity contribution is -0.142. The Morgan fingerprint density at radius 3 is 2.72 bits per heavy atom. The van der Waals surface area contributed by atoms with Crippen LogP contribution in [0.1, 0.15) is 41.9 Å². The number of hydrogen-bond acceptors (Lipinski definition) is 2. The van der Waals surface area contributed by atoms with Crippen LogP contribution in [0, 0.1) is 19.8 Å². The van der Waals surface area contributed by atoms with Crippen LogP contribution in [-0.2, 0) is 4.79 Å². The molecule has 0 bridgehead atoms. The second-order valence-corrected chi connectivity index (χ2v) is 5.69. The van der Waals surface area contributed by atoms with Crippen molar-refractivity contribution < 1.29 is 9.90 Å². The molecule has 3 atom stereocenters. The molecule has 2 N–H and O–H groups in total. The Balaban J connectivity index is 1.94. The van der Waals surface area contributed by atoms with Gasteiger partial charge in [0.25, 0.3) is 0 Å². The molecule has 1 fully saturated rings. The molecule has 0 spiro atoms. The molecule has 96 valence electrons. The minimum absolute atomic E-state index is 0.173. The second-order valence-electron chi connectivity index (χ2n) is 5.69. The lowest BCUT2D eigenvalue weighted by atomic mass is 9.76. The first-order valence-corrected chi connectivity index (χ1v) is 6.67. The van der Waals surface area contributed by atoms with Crippen LogP contribution in [0.5, 0.6) is 0 Å². The Bertz CT molecular complexity index is 509. The number of carbonyl (C=O) groups is 1. The zero-order valence-electron chi connectivity index (χ0n) is 10.9. The highest BCUT2D eigenvalue weighted by molar-refractivity contribution is 5.72. The van der Waals surface area contributed by atoms with E-state index in [1.54, 1.807) is 0 Å². The van der Waals surface area contributed by atoms with Gasteiger partial charge in [0.1, 0.15) is 0 Å². The lowest BCUT2D eigenvalue weighted by Crippen LogP contribution is -2.32. The molecule has 0 radical (unpaired) electrons. The molecule has 3 heteroatoms. The highest BCUT2D eigenvalue weighted by atomic mass is 16.4. The van der Waals surface area contributed by atoms with Gasteiger partial charge in [-0.2, -0.15) is 0 Å². The Morgan fingerprint density at radius 2 is 2.00 bits per heavy atom. The fourth-order valence-electron chi connectivity index (χ4n) is 3.59. The molecule has 0 amide bonds. The Morgan fingerprint density at radius 1 is 1.28 bits per heavy atom. The van der Waals surface area contributed by atoms with Gasteiger partial charge in [0.15, 0.2) is 0 Å². The largest absolute Gasteiger partial charge is 0.481 e. The van der Waals surface area contributed by atoms with E-state index < -0.39 is 5.97 Å². The molecule has 3 nitrogen and oxygen atoms in total. The van der Waals surface area contributed by atoms with Crippen LogP contribution >= 0.6 is 0 Å². The van der Waals surface area contributed by atoms with Gasteiger partial charge in [0, 0.05) is 17.6 Å². The van der Waals surface area contributed by atoms with Crippen LogP contribution in [0.2, 0.25) is 0 Å². The molecule has 0 saturated heterocycles. The molecule has 1 aliphatic heterocycles. The molecule has 3 unspecified atom stereocenters. The maximum Gasteiger partial charge on any atom is 0.306 e. The summed E-state index contributed by atoms with van der Waals surface area (Å²) in [6, 6.07) is 4.64. The zero-order chi connectivity index (χ0) is 12.9. The summed E-state index contributed by atoms with van der Waals surface area (Å²) in [7, 11) is 0. The van der Waals surface area contributed by atoms with E-state index in [1.807, 2.05) is 0 Å². The molecule has 2 aliphatic rings. The van der Waals surface area contributed by atoms with Gasteiger partial charge >= 0.3 is 5.97 Å². The smallest absolute Gasteiger partial charge is 0.306 e. The van der Waals surface area contributed by atoms with Crippen LogP contribution in [0.3, 0.4) is 0 Å². The number of rotatable bonds is 1. The Labute approximate surface area is 107 Å². The van der Waals surface area contributed by atoms with Crippen molar-refractivity contribution >= 4 is 11.7 Å². The number of hydrogen-bond donors (Lipinski definition) is 2. The monoisotopic (exact) mass is 245 g/mol. The minimum Gasteiger partial charge on any atom is -0.481 e. The van der Waals surface area contributed by atoms with E-state index in [4.69, 9.17) is 5.11 Å².